The maximum atomic E-state index is 12.0. The lowest BCUT2D eigenvalue weighted by molar-refractivity contribution is -0.123. The lowest BCUT2D eigenvalue weighted by Gasteiger charge is -2.07. The van der Waals surface area contributed by atoms with Crippen molar-refractivity contribution in [3.63, 3.8) is 0 Å². The summed E-state index contributed by atoms with van der Waals surface area (Å²) in [6, 6.07) is 13.8. The van der Waals surface area contributed by atoms with Crippen LogP contribution in [0.4, 0.5) is 0 Å². The first-order chi connectivity index (χ1) is 11.6. The van der Waals surface area contributed by atoms with E-state index in [0.717, 1.165) is 24.8 Å². The number of amides is 2. The smallest absolute Gasteiger partial charge is 0.338 e. The van der Waals surface area contributed by atoms with Crippen LogP contribution >= 0.6 is 0 Å². The molecule has 0 fully saturated rings. The lowest BCUT2D eigenvalue weighted by atomic mass is 10.1. The molecule has 5 heteroatoms. The normalized spacial score (nSPS) is 12.3. The van der Waals surface area contributed by atoms with E-state index in [4.69, 9.17) is 4.74 Å². The Morgan fingerprint density at radius 2 is 1.67 bits per heavy atom. The Kier molecular flexibility index (Phi) is 4.70. The first-order valence-corrected chi connectivity index (χ1v) is 7.81. The summed E-state index contributed by atoms with van der Waals surface area (Å²) in [5.41, 5.74) is 3.22. The highest BCUT2D eigenvalue weighted by Crippen LogP contribution is 2.23. The largest absolute Gasteiger partial charge is 0.452 e. The Hall–Kier alpha value is -2.95. The number of nitrogens with one attached hydrogen (secondary N) is 1. The molecule has 2 aromatic rings. The second kappa shape index (κ2) is 7.08. The average Bonchev–Trinajstić information content (AvgIpc) is 3.08. The standard InChI is InChI=1S/C19H17NO4/c21-17(20-18(22)14-5-2-1-3-6-14)12-24-19(23)16-10-9-13-7-4-8-15(13)11-16/h1-3,5-6,9-11H,4,7-8,12H2,(H,20,21,22). The van der Waals surface area contributed by atoms with Gasteiger partial charge in [0.1, 0.15) is 0 Å². The first-order valence-electron chi connectivity index (χ1n) is 7.81. The van der Waals surface area contributed by atoms with Gasteiger partial charge in [-0.2, -0.15) is 0 Å². The van der Waals surface area contributed by atoms with Gasteiger partial charge in [0.2, 0.25) is 0 Å². The molecule has 0 atom stereocenters. The highest BCUT2D eigenvalue weighted by Gasteiger charge is 2.16. The molecule has 0 bridgehead atoms. The molecule has 0 unspecified atom stereocenters. The van der Waals surface area contributed by atoms with Crippen molar-refractivity contribution >= 4 is 17.8 Å². The van der Waals surface area contributed by atoms with Gasteiger partial charge in [-0.25, -0.2) is 4.79 Å². The predicted octanol–water partition coefficient (Wildman–Crippen LogP) is 2.29. The number of hydrogen-bond donors (Lipinski definition) is 1. The van der Waals surface area contributed by atoms with Crippen molar-refractivity contribution in [2.24, 2.45) is 0 Å². The third kappa shape index (κ3) is 3.68. The van der Waals surface area contributed by atoms with Gasteiger partial charge in [-0.3, -0.25) is 14.9 Å². The molecule has 0 spiro atoms. The van der Waals surface area contributed by atoms with E-state index in [2.05, 4.69) is 5.32 Å². The van der Waals surface area contributed by atoms with Crippen molar-refractivity contribution < 1.29 is 19.1 Å². The highest BCUT2D eigenvalue weighted by atomic mass is 16.5. The second-order valence-corrected chi connectivity index (χ2v) is 5.66. The third-order valence-electron chi connectivity index (χ3n) is 3.96. The Morgan fingerprint density at radius 1 is 0.917 bits per heavy atom. The molecule has 0 aliphatic heterocycles. The zero-order valence-corrected chi connectivity index (χ0v) is 13.1. The van der Waals surface area contributed by atoms with Gasteiger partial charge in [-0.05, 0) is 54.7 Å². The molecule has 5 nitrogen and oxygen atoms in total. The van der Waals surface area contributed by atoms with Crippen molar-refractivity contribution in [3.8, 4) is 0 Å². The van der Waals surface area contributed by atoms with E-state index in [1.165, 1.54) is 5.56 Å². The zero-order valence-electron chi connectivity index (χ0n) is 13.1. The van der Waals surface area contributed by atoms with Gasteiger partial charge < -0.3 is 4.74 Å². The van der Waals surface area contributed by atoms with Crippen LogP contribution in [0.5, 0.6) is 0 Å². The molecule has 1 N–H and O–H groups in total. The van der Waals surface area contributed by atoms with E-state index in [1.807, 2.05) is 12.1 Å². The number of rotatable bonds is 4. The second-order valence-electron chi connectivity index (χ2n) is 5.66. The summed E-state index contributed by atoms with van der Waals surface area (Å²) in [5.74, 6) is -1.74. The van der Waals surface area contributed by atoms with E-state index < -0.39 is 24.4 Å². The molecule has 122 valence electrons. The fourth-order valence-electron chi connectivity index (χ4n) is 2.74. The SMILES string of the molecule is O=C(COC(=O)c1ccc2c(c1)CCC2)NC(=O)c1ccccc1. The predicted molar refractivity (Wildman–Crippen MR) is 87.7 cm³/mol. The van der Waals surface area contributed by atoms with Crippen molar-refractivity contribution in [2.45, 2.75) is 19.3 Å². The lowest BCUT2D eigenvalue weighted by Crippen LogP contribution is -2.34. The van der Waals surface area contributed by atoms with Gasteiger partial charge >= 0.3 is 5.97 Å². The minimum absolute atomic E-state index is 0.371. The van der Waals surface area contributed by atoms with E-state index in [0.29, 0.717) is 11.1 Å². The molecule has 0 aromatic heterocycles. The number of esters is 1. The number of benzene rings is 2. The van der Waals surface area contributed by atoms with E-state index >= 15 is 0 Å². The summed E-state index contributed by atoms with van der Waals surface area (Å²) >= 11 is 0. The van der Waals surface area contributed by atoms with Crippen LogP contribution in [0.2, 0.25) is 0 Å². The molecule has 2 aromatic carbocycles. The van der Waals surface area contributed by atoms with Crippen molar-refractivity contribution in [3.05, 3.63) is 70.8 Å². The van der Waals surface area contributed by atoms with Gasteiger partial charge in [-0.15, -0.1) is 0 Å². The van der Waals surface area contributed by atoms with Crippen LogP contribution in [0.1, 0.15) is 38.3 Å². The van der Waals surface area contributed by atoms with Gasteiger partial charge in [0.15, 0.2) is 6.61 Å². The Balaban J connectivity index is 1.52. The molecule has 0 saturated carbocycles. The van der Waals surface area contributed by atoms with Crippen LogP contribution in [0.25, 0.3) is 0 Å². The summed E-state index contributed by atoms with van der Waals surface area (Å²) in [6.07, 6.45) is 3.09. The van der Waals surface area contributed by atoms with Crippen molar-refractivity contribution in [2.75, 3.05) is 6.61 Å². The van der Waals surface area contributed by atoms with Crippen LogP contribution in [-0.2, 0) is 22.4 Å². The van der Waals surface area contributed by atoms with Gasteiger partial charge in [0.25, 0.3) is 11.8 Å². The number of carbonyl (C=O) groups excluding carboxylic acids is 3. The molecule has 3 rings (SSSR count). The molecule has 0 saturated heterocycles. The van der Waals surface area contributed by atoms with Crippen LogP contribution in [0, 0.1) is 0 Å². The average molecular weight is 323 g/mol. The van der Waals surface area contributed by atoms with Crippen LogP contribution in [-0.4, -0.2) is 24.4 Å². The fourth-order valence-corrected chi connectivity index (χ4v) is 2.74. The topological polar surface area (TPSA) is 72.5 Å². The van der Waals surface area contributed by atoms with Gasteiger partial charge in [0.05, 0.1) is 5.56 Å². The summed E-state index contributed by atoms with van der Waals surface area (Å²) in [7, 11) is 0. The Bertz CT molecular complexity index is 783. The minimum atomic E-state index is -0.654. The number of aryl methyl sites for hydroxylation is 2. The molecule has 1 aliphatic carbocycles. The van der Waals surface area contributed by atoms with Gasteiger partial charge in [0, 0.05) is 5.56 Å². The first kappa shape index (κ1) is 15.9. The van der Waals surface area contributed by atoms with Crippen molar-refractivity contribution in [1.82, 2.24) is 5.32 Å². The third-order valence-corrected chi connectivity index (χ3v) is 3.96. The van der Waals surface area contributed by atoms with Crippen LogP contribution < -0.4 is 5.32 Å². The number of ether oxygens (including phenoxy) is 1. The summed E-state index contributed by atoms with van der Waals surface area (Å²) in [5, 5.41) is 2.19. The number of hydrogen-bond acceptors (Lipinski definition) is 4. The fraction of sp³-hybridized carbons (Fsp3) is 0.211. The quantitative estimate of drug-likeness (QED) is 0.876. The van der Waals surface area contributed by atoms with Crippen LogP contribution in [0.3, 0.4) is 0 Å². The molecule has 0 radical (unpaired) electrons. The van der Waals surface area contributed by atoms with E-state index in [-0.39, 0.29) is 0 Å². The number of carbonyl (C=O) groups is 3. The zero-order chi connectivity index (χ0) is 16.9. The van der Waals surface area contributed by atoms with Gasteiger partial charge in [-0.1, -0.05) is 24.3 Å². The highest BCUT2D eigenvalue weighted by molar-refractivity contribution is 6.05. The Morgan fingerprint density at radius 3 is 2.46 bits per heavy atom. The molecular weight excluding hydrogens is 306 g/mol. The number of imide groups is 1. The molecule has 0 heterocycles. The van der Waals surface area contributed by atoms with E-state index in [9.17, 15) is 14.4 Å². The maximum absolute atomic E-state index is 12.0. The summed E-state index contributed by atoms with van der Waals surface area (Å²) < 4.78 is 4.98. The monoisotopic (exact) mass is 323 g/mol. The minimum Gasteiger partial charge on any atom is -0.452 e. The van der Waals surface area contributed by atoms with Crippen molar-refractivity contribution in [1.29, 1.82) is 0 Å². The summed E-state index contributed by atoms with van der Waals surface area (Å²) in [4.78, 5) is 35.6. The van der Waals surface area contributed by atoms with Crippen LogP contribution in [0.15, 0.2) is 48.5 Å². The molecular formula is C19H17NO4. The van der Waals surface area contributed by atoms with E-state index in [1.54, 1.807) is 36.4 Å². The molecule has 2 amide bonds. The number of fused-ring (bicyclic) bond motifs is 1. The molecule has 1 aliphatic rings. The molecule has 24 heavy (non-hydrogen) atoms. The maximum Gasteiger partial charge on any atom is 0.338 e. The Labute approximate surface area is 139 Å². The summed E-state index contributed by atoms with van der Waals surface area (Å²) in [6.45, 7) is -0.492.